The number of rotatable bonds is 2. The third-order valence-electron chi connectivity index (χ3n) is 4.96. The van der Waals surface area contributed by atoms with E-state index in [-0.39, 0.29) is 5.91 Å². The van der Waals surface area contributed by atoms with Crippen molar-refractivity contribution >= 4 is 11.6 Å². The highest BCUT2D eigenvalue weighted by atomic mass is 16.2. The Labute approximate surface area is 135 Å². The number of nitrogens with one attached hydrogen (secondary N) is 1. The van der Waals surface area contributed by atoms with Gasteiger partial charge in [-0.3, -0.25) is 9.69 Å². The summed E-state index contributed by atoms with van der Waals surface area (Å²) < 4.78 is 0. The number of carbonyl (C=O) groups is 1. The topological polar surface area (TPSA) is 56.1 Å². The van der Waals surface area contributed by atoms with E-state index >= 15 is 0 Å². The van der Waals surface area contributed by atoms with Crippen molar-refractivity contribution in [2.45, 2.75) is 18.4 Å². The van der Waals surface area contributed by atoms with Crippen molar-refractivity contribution in [2.24, 2.45) is 0 Å². The number of hydrogen-bond acceptors (Lipinski definition) is 3. The monoisotopic (exact) mass is 303 g/mol. The van der Waals surface area contributed by atoms with Gasteiger partial charge in [0, 0.05) is 18.8 Å². The second kappa shape index (κ2) is 5.22. The molecular weight excluding hydrogens is 286 g/mol. The van der Waals surface area contributed by atoms with E-state index in [1.165, 1.54) is 5.56 Å². The summed E-state index contributed by atoms with van der Waals surface area (Å²) in [5, 5.41) is 11.9. The molecule has 1 spiro atoms. The van der Waals surface area contributed by atoms with Crippen LogP contribution in [-0.4, -0.2) is 23.9 Å². The smallest absolute Gasteiger partial charge is 0.236 e. The Bertz CT molecular complexity index is 806. The summed E-state index contributed by atoms with van der Waals surface area (Å²) in [7, 11) is 0. The molecule has 114 valence electrons. The molecule has 1 N–H and O–H groups in total. The molecule has 2 aliphatic heterocycles. The summed E-state index contributed by atoms with van der Waals surface area (Å²) in [5.74, 6) is 0.126. The van der Waals surface area contributed by atoms with E-state index in [2.05, 4.69) is 22.4 Å². The number of amides is 1. The lowest BCUT2D eigenvalue weighted by atomic mass is 9.81. The van der Waals surface area contributed by atoms with Gasteiger partial charge >= 0.3 is 0 Å². The quantitative estimate of drug-likeness (QED) is 0.928. The van der Waals surface area contributed by atoms with Gasteiger partial charge in [-0.25, -0.2) is 0 Å². The third kappa shape index (κ3) is 2.21. The Balaban J connectivity index is 1.55. The Morgan fingerprint density at radius 1 is 1.17 bits per heavy atom. The molecule has 0 aromatic heterocycles. The van der Waals surface area contributed by atoms with E-state index in [1.54, 1.807) is 0 Å². The van der Waals surface area contributed by atoms with Gasteiger partial charge in [-0.05, 0) is 42.3 Å². The minimum absolute atomic E-state index is 0.126. The van der Waals surface area contributed by atoms with Gasteiger partial charge in [0.1, 0.15) is 0 Å². The van der Waals surface area contributed by atoms with Crippen molar-refractivity contribution in [1.82, 2.24) is 4.90 Å². The molecule has 0 radical (unpaired) electrons. The van der Waals surface area contributed by atoms with Gasteiger partial charge in [-0.15, -0.1) is 0 Å². The Morgan fingerprint density at radius 3 is 2.74 bits per heavy atom. The van der Waals surface area contributed by atoms with Crippen LogP contribution < -0.4 is 5.32 Å². The second-order valence-corrected chi connectivity index (χ2v) is 6.35. The highest BCUT2D eigenvalue weighted by Gasteiger charge is 2.50. The molecular formula is C19H17N3O. The van der Waals surface area contributed by atoms with E-state index in [0.29, 0.717) is 5.56 Å². The second-order valence-electron chi connectivity index (χ2n) is 6.35. The average molecular weight is 303 g/mol. The lowest BCUT2D eigenvalue weighted by molar-refractivity contribution is -0.120. The number of carbonyl (C=O) groups excluding carboxylic acids is 1. The maximum Gasteiger partial charge on any atom is 0.236 e. The maximum atomic E-state index is 12.6. The number of nitrogens with zero attached hydrogens (tertiary/aromatic N) is 2. The van der Waals surface area contributed by atoms with Gasteiger partial charge in [0.05, 0.1) is 17.0 Å². The SMILES string of the molecule is N#Cc1ccc(CN2CCC3(C2)C(=O)Nc2ccccc23)cc1. The number of hydrogen-bond donors (Lipinski definition) is 1. The van der Waals surface area contributed by atoms with Crippen LogP contribution in [0, 0.1) is 11.3 Å². The first-order chi connectivity index (χ1) is 11.2. The zero-order chi connectivity index (χ0) is 15.9. The molecule has 4 rings (SSSR count). The third-order valence-corrected chi connectivity index (χ3v) is 4.96. The van der Waals surface area contributed by atoms with Crippen LogP contribution in [0.4, 0.5) is 5.69 Å². The molecule has 23 heavy (non-hydrogen) atoms. The van der Waals surface area contributed by atoms with Crippen LogP contribution >= 0.6 is 0 Å². The van der Waals surface area contributed by atoms with Gasteiger partial charge in [0.15, 0.2) is 0 Å². The summed E-state index contributed by atoms with van der Waals surface area (Å²) in [4.78, 5) is 14.9. The van der Waals surface area contributed by atoms with Crippen LogP contribution in [0.5, 0.6) is 0 Å². The predicted octanol–water partition coefficient (Wildman–Crippen LogP) is 2.65. The van der Waals surface area contributed by atoms with Crippen molar-refractivity contribution < 1.29 is 4.79 Å². The van der Waals surface area contributed by atoms with Gasteiger partial charge in [0.2, 0.25) is 5.91 Å². The summed E-state index contributed by atoms with van der Waals surface area (Å²) in [6, 6.07) is 17.8. The van der Waals surface area contributed by atoms with E-state index in [0.717, 1.165) is 37.3 Å². The molecule has 0 aliphatic carbocycles. The van der Waals surface area contributed by atoms with Crippen molar-refractivity contribution in [1.29, 1.82) is 5.26 Å². The maximum absolute atomic E-state index is 12.6. The fourth-order valence-electron chi connectivity index (χ4n) is 3.75. The lowest BCUT2D eigenvalue weighted by Crippen LogP contribution is -2.37. The van der Waals surface area contributed by atoms with Crippen LogP contribution in [0.1, 0.15) is 23.1 Å². The summed E-state index contributed by atoms with van der Waals surface area (Å²) >= 11 is 0. The Hall–Kier alpha value is -2.64. The number of anilines is 1. The highest BCUT2D eigenvalue weighted by Crippen LogP contribution is 2.44. The Morgan fingerprint density at radius 2 is 1.96 bits per heavy atom. The average Bonchev–Trinajstić information content (AvgIpc) is 3.12. The zero-order valence-electron chi connectivity index (χ0n) is 12.7. The molecule has 1 unspecified atom stereocenters. The molecule has 1 atom stereocenters. The molecule has 1 fully saturated rings. The largest absolute Gasteiger partial charge is 0.325 e. The van der Waals surface area contributed by atoms with E-state index in [9.17, 15) is 4.79 Å². The highest BCUT2D eigenvalue weighted by molar-refractivity contribution is 6.06. The fraction of sp³-hybridized carbons (Fsp3) is 0.263. The molecule has 4 nitrogen and oxygen atoms in total. The first-order valence-corrected chi connectivity index (χ1v) is 7.84. The van der Waals surface area contributed by atoms with E-state index in [1.807, 2.05) is 42.5 Å². The van der Waals surface area contributed by atoms with Gasteiger partial charge in [0.25, 0.3) is 0 Å². The molecule has 4 heteroatoms. The minimum Gasteiger partial charge on any atom is -0.325 e. The number of likely N-dealkylation sites (tertiary alicyclic amines) is 1. The number of benzene rings is 2. The molecule has 2 aliphatic rings. The fourth-order valence-corrected chi connectivity index (χ4v) is 3.75. The molecule has 2 heterocycles. The standard InChI is InChI=1S/C19H17N3O/c20-11-14-5-7-15(8-6-14)12-22-10-9-19(13-22)16-3-1-2-4-17(16)21-18(19)23/h1-8H,9-10,12-13H2,(H,21,23). The Kier molecular flexibility index (Phi) is 3.17. The summed E-state index contributed by atoms with van der Waals surface area (Å²) in [6.45, 7) is 2.46. The lowest BCUT2D eigenvalue weighted by Gasteiger charge is -2.22. The number of para-hydroxylation sites is 1. The van der Waals surface area contributed by atoms with Crippen molar-refractivity contribution in [3.8, 4) is 6.07 Å². The molecule has 1 amide bonds. The normalized spacial score (nSPS) is 22.8. The van der Waals surface area contributed by atoms with Crippen LogP contribution in [0.2, 0.25) is 0 Å². The van der Waals surface area contributed by atoms with Crippen LogP contribution in [0.15, 0.2) is 48.5 Å². The molecule has 2 aromatic rings. The first-order valence-electron chi connectivity index (χ1n) is 7.84. The number of fused-ring (bicyclic) bond motifs is 2. The van der Waals surface area contributed by atoms with Gasteiger partial charge < -0.3 is 5.32 Å². The van der Waals surface area contributed by atoms with Crippen molar-refractivity contribution in [3.63, 3.8) is 0 Å². The number of nitriles is 1. The van der Waals surface area contributed by atoms with Crippen molar-refractivity contribution in [2.75, 3.05) is 18.4 Å². The van der Waals surface area contributed by atoms with E-state index in [4.69, 9.17) is 5.26 Å². The van der Waals surface area contributed by atoms with Crippen molar-refractivity contribution in [3.05, 3.63) is 65.2 Å². The van der Waals surface area contributed by atoms with Gasteiger partial charge in [-0.1, -0.05) is 30.3 Å². The predicted molar refractivity (Wildman–Crippen MR) is 87.8 cm³/mol. The van der Waals surface area contributed by atoms with E-state index < -0.39 is 5.41 Å². The molecule has 1 saturated heterocycles. The first kappa shape index (κ1) is 14.0. The molecule has 0 bridgehead atoms. The van der Waals surface area contributed by atoms with Gasteiger partial charge in [-0.2, -0.15) is 5.26 Å². The van der Waals surface area contributed by atoms with Crippen LogP contribution in [-0.2, 0) is 16.8 Å². The minimum atomic E-state index is -0.400. The molecule has 2 aromatic carbocycles. The zero-order valence-corrected chi connectivity index (χ0v) is 12.7. The van der Waals surface area contributed by atoms with Crippen LogP contribution in [0.3, 0.4) is 0 Å². The van der Waals surface area contributed by atoms with Crippen LogP contribution in [0.25, 0.3) is 0 Å². The summed E-state index contributed by atoms with van der Waals surface area (Å²) in [6.07, 6.45) is 0.853. The summed E-state index contributed by atoms with van der Waals surface area (Å²) in [5.41, 5.74) is 3.54. The molecule has 0 saturated carbocycles.